The summed E-state index contributed by atoms with van der Waals surface area (Å²) in [5.74, 6) is -0.458. The molecule has 0 fully saturated rings. The third-order valence-corrected chi connectivity index (χ3v) is 4.84. The van der Waals surface area contributed by atoms with Gasteiger partial charge in [0.2, 0.25) is 0 Å². The number of carbonyl (C=O) groups is 1. The number of nitrogens with zero attached hydrogens (tertiary/aromatic N) is 1. The highest BCUT2D eigenvalue weighted by atomic mass is 16.5. The lowest BCUT2D eigenvalue weighted by Crippen LogP contribution is -2.09. The first kappa shape index (κ1) is 17.5. The number of hydrogen-bond acceptors (Lipinski definition) is 3. The van der Waals surface area contributed by atoms with Crippen molar-refractivity contribution < 1.29 is 9.53 Å². The number of fused-ring (bicyclic) bond motifs is 1. The molecule has 0 heterocycles. The molecule has 0 aliphatic heterocycles. The molecule has 0 bridgehead atoms. The predicted molar refractivity (Wildman–Crippen MR) is 111 cm³/mol. The molecular formula is C25H17NO2. The first-order valence-electron chi connectivity index (χ1n) is 8.94. The van der Waals surface area contributed by atoms with Crippen molar-refractivity contribution in [3.8, 4) is 28.3 Å². The van der Waals surface area contributed by atoms with Crippen molar-refractivity contribution in [1.29, 1.82) is 5.26 Å². The van der Waals surface area contributed by atoms with Gasteiger partial charge in [0.25, 0.3) is 0 Å². The summed E-state index contributed by atoms with van der Waals surface area (Å²) in [6, 6.07) is 29.3. The second-order valence-corrected chi connectivity index (χ2v) is 6.38. The summed E-state index contributed by atoms with van der Waals surface area (Å²) < 4.78 is 5.16. The van der Waals surface area contributed by atoms with E-state index in [1.165, 1.54) is 7.11 Å². The Balaban J connectivity index is 2.28. The Kier molecular flexibility index (Phi) is 4.62. The van der Waals surface area contributed by atoms with Gasteiger partial charge in [0, 0.05) is 16.5 Å². The molecule has 4 rings (SSSR count). The van der Waals surface area contributed by atoms with Crippen LogP contribution in [0.5, 0.6) is 0 Å². The van der Waals surface area contributed by atoms with E-state index in [0.717, 1.165) is 27.5 Å². The van der Waals surface area contributed by atoms with Crippen LogP contribution in [0.4, 0.5) is 0 Å². The Morgan fingerprint density at radius 3 is 1.79 bits per heavy atom. The van der Waals surface area contributed by atoms with Crippen LogP contribution in [0.15, 0.2) is 84.9 Å². The summed E-state index contributed by atoms with van der Waals surface area (Å²) in [5.41, 5.74) is 3.98. The number of benzene rings is 4. The van der Waals surface area contributed by atoms with Gasteiger partial charge < -0.3 is 4.74 Å². The number of esters is 1. The quantitative estimate of drug-likeness (QED) is 0.430. The van der Waals surface area contributed by atoms with Gasteiger partial charge >= 0.3 is 5.97 Å². The van der Waals surface area contributed by atoms with Crippen LogP contribution in [-0.2, 0) is 4.74 Å². The first-order chi connectivity index (χ1) is 13.8. The molecule has 4 aromatic rings. The first-order valence-corrected chi connectivity index (χ1v) is 8.94. The molecular weight excluding hydrogens is 346 g/mol. The van der Waals surface area contributed by atoms with Crippen LogP contribution in [0.2, 0.25) is 0 Å². The van der Waals surface area contributed by atoms with Crippen LogP contribution in [-0.4, -0.2) is 13.1 Å². The second-order valence-electron chi connectivity index (χ2n) is 6.38. The Bertz CT molecular complexity index is 1210. The molecule has 28 heavy (non-hydrogen) atoms. The van der Waals surface area contributed by atoms with E-state index < -0.39 is 5.97 Å². The topological polar surface area (TPSA) is 50.1 Å². The molecule has 0 N–H and O–H groups in total. The lowest BCUT2D eigenvalue weighted by atomic mass is 9.83. The zero-order valence-corrected chi connectivity index (χ0v) is 15.3. The molecule has 134 valence electrons. The molecule has 0 aliphatic rings. The van der Waals surface area contributed by atoms with Gasteiger partial charge in [0.1, 0.15) is 6.07 Å². The fraction of sp³-hybridized carbons (Fsp3) is 0.0400. The van der Waals surface area contributed by atoms with E-state index in [-0.39, 0.29) is 0 Å². The maximum absolute atomic E-state index is 13.0. The molecule has 0 radical (unpaired) electrons. The minimum atomic E-state index is -0.458. The van der Waals surface area contributed by atoms with E-state index >= 15 is 0 Å². The van der Waals surface area contributed by atoms with Crippen molar-refractivity contribution >= 4 is 16.7 Å². The lowest BCUT2D eigenvalue weighted by Gasteiger charge is -2.19. The van der Waals surface area contributed by atoms with Gasteiger partial charge in [-0.3, -0.25) is 0 Å². The highest BCUT2D eigenvalue weighted by Crippen LogP contribution is 2.42. The maximum atomic E-state index is 13.0. The summed E-state index contributed by atoms with van der Waals surface area (Å²) in [6.07, 6.45) is 0. The van der Waals surface area contributed by atoms with E-state index in [1.807, 2.05) is 84.9 Å². The number of hydrogen-bond donors (Lipinski definition) is 0. The van der Waals surface area contributed by atoms with Crippen LogP contribution in [0.25, 0.3) is 33.0 Å². The largest absolute Gasteiger partial charge is 0.465 e. The van der Waals surface area contributed by atoms with Gasteiger partial charge in [-0.2, -0.15) is 5.26 Å². The van der Waals surface area contributed by atoms with Gasteiger partial charge in [0.15, 0.2) is 0 Å². The van der Waals surface area contributed by atoms with Crippen LogP contribution < -0.4 is 0 Å². The normalized spacial score (nSPS) is 10.4. The Morgan fingerprint density at radius 2 is 1.25 bits per heavy atom. The third-order valence-electron chi connectivity index (χ3n) is 4.84. The van der Waals surface area contributed by atoms with Crippen molar-refractivity contribution in [3.63, 3.8) is 0 Å². The van der Waals surface area contributed by atoms with Gasteiger partial charge in [-0.15, -0.1) is 0 Å². The molecule has 0 amide bonds. The van der Waals surface area contributed by atoms with Crippen molar-refractivity contribution in [3.05, 3.63) is 96.1 Å². The van der Waals surface area contributed by atoms with Crippen LogP contribution >= 0.6 is 0 Å². The van der Waals surface area contributed by atoms with E-state index in [2.05, 4.69) is 6.07 Å². The Labute approximate surface area is 163 Å². The highest BCUT2D eigenvalue weighted by molar-refractivity contribution is 6.16. The summed E-state index contributed by atoms with van der Waals surface area (Å²) in [7, 11) is 1.37. The van der Waals surface area contributed by atoms with E-state index in [4.69, 9.17) is 4.74 Å². The van der Waals surface area contributed by atoms with Crippen LogP contribution in [0.1, 0.15) is 15.9 Å². The summed E-state index contributed by atoms with van der Waals surface area (Å²) in [6.45, 7) is 0. The SMILES string of the molecule is COC(=O)c1c(-c2ccccc2)c(C#N)c2ccccc2c1-c1ccccc1. The Morgan fingerprint density at radius 1 is 0.750 bits per heavy atom. The fourth-order valence-corrected chi connectivity index (χ4v) is 3.66. The average molecular weight is 363 g/mol. The molecule has 0 saturated heterocycles. The molecule has 0 aromatic heterocycles. The summed E-state index contributed by atoms with van der Waals surface area (Å²) in [5, 5.41) is 11.7. The van der Waals surface area contributed by atoms with E-state index in [9.17, 15) is 10.1 Å². The van der Waals surface area contributed by atoms with Crippen molar-refractivity contribution in [2.24, 2.45) is 0 Å². The summed E-state index contributed by atoms with van der Waals surface area (Å²) >= 11 is 0. The predicted octanol–water partition coefficient (Wildman–Crippen LogP) is 5.83. The zero-order chi connectivity index (χ0) is 19.5. The minimum Gasteiger partial charge on any atom is -0.465 e. The standard InChI is InChI=1S/C25H17NO2/c1-28-25(27)24-22(17-10-4-2-5-11-17)20-15-9-8-14-19(20)21(16-26)23(24)18-12-6-3-7-13-18/h2-15H,1H3. The van der Waals surface area contributed by atoms with Crippen LogP contribution in [0.3, 0.4) is 0 Å². The zero-order valence-electron chi connectivity index (χ0n) is 15.3. The number of ether oxygens (including phenoxy) is 1. The van der Waals surface area contributed by atoms with Gasteiger partial charge in [0.05, 0.1) is 18.2 Å². The molecule has 0 spiro atoms. The minimum absolute atomic E-state index is 0.412. The molecule has 0 atom stereocenters. The molecule has 0 unspecified atom stereocenters. The average Bonchev–Trinajstić information content (AvgIpc) is 2.78. The molecule has 0 saturated carbocycles. The monoisotopic (exact) mass is 363 g/mol. The smallest absolute Gasteiger partial charge is 0.339 e. The van der Waals surface area contributed by atoms with E-state index in [1.54, 1.807) is 0 Å². The number of nitriles is 1. The molecule has 4 aromatic carbocycles. The van der Waals surface area contributed by atoms with Crippen LogP contribution in [0, 0.1) is 11.3 Å². The van der Waals surface area contributed by atoms with Gasteiger partial charge in [-0.1, -0.05) is 84.9 Å². The Hall–Kier alpha value is -3.90. The van der Waals surface area contributed by atoms with Crippen molar-refractivity contribution in [2.75, 3.05) is 7.11 Å². The third kappa shape index (κ3) is 2.82. The van der Waals surface area contributed by atoms with E-state index in [0.29, 0.717) is 16.7 Å². The molecule has 3 nitrogen and oxygen atoms in total. The molecule has 0 aliphatic carbocycles. The number of rotatable bonds is 3. The van der Waals surface area contributed by atoms with Crippen molar-refractivity contribution in [2.45, 2.75) is 0 Å². The maximum Gasteiger partial charge on any atom is 0.339 e. The lowest BCUT2D eigenvalue weighted by molar-refractivity contribution is 0.0602. The highest BCUT2D eigenvalue weighted by Gasteiger charge is 2.26. The van der Waals surface area contributed by atoms with Gasteiger partial charge in [-0.05, 0) is 16.5 Å². The summed E-state index contributed by atoms with van der Waals surface area (Å²) in [4.78, 5) is 13.0. The van der Waals surface area contributed by atoms with Gasteiger partial charge in [-0.25, -0.2) is 4.79 Å². The molecule has 3 heteroatoms. The fourth-order valence-electron chi connectivity index (χ4n) is 3.66. The van der Waals surface area contributed by atoms with Crippen molar-refractivity contribution in [1.82, 2.24) is 0 Å². The number of carbonyl (C=O) groups excluding carboxylic acids is 1. The number of methoxy groups -OCH3 is 1. The second kappa shape index (κ2) is 7.38.